The normalized spacial score (nSPS) is 14.6. The van der Waals surface area contributed by atoms with Crippen LogP contribution in [0.4, 0.5) is 5.69 Å². The number of rotatable bonds is 11. The van der Waals surface area contributed by atoms with Crippen molar-refractivity contribution >= 4 is 50.7 Å². The van der Waals surface area contributed by atoms with Gasteiger partial charge in [-0.05, 0) is 61.7 Å². The first-order valence-corrected chi connectivity index (χ1v) is 16.1. The van der Waals surface area contributed by atoms with Gasteiger partial charge in [0.25, 0.3) is 10.0 Å². The van der Waals surface area contributed by atoms with Crippen LogP contribution in [0.3, 0.4) is 0 Å². The van der Waals surface area contributed by atoms with E-state index in [1.807, 2.05) is 0 Å². The van der Waals surface area contributed by atoms with Crippen molar-refractivity contribution in [3.05, 3.63) is 88.4 Å². The third-order valence-electron chi connectivity index (χ3n) is 7.41. The number of amides is 2. The summed E-state index contributed by atoms with van der Waals surface area (Å²) in [7, 11) is -2.69. The minimum Gasteiger partial charge on any atom is -0.497 e. The fraction of sp³-hybridized carbons (Fsp3) is 0.355. The Hall–Kier alpha value is -3.27. The zero-order valence-electron chi connectivity index (χ0n) is 23.6. The summed E-state index contributed by atoms with van der Waals surface area (Å²) in [5.74, 6) is -0.426. The Bertz CT molecular complexity index is 1500. The summed E-state index contributed by atoms with van der Waals surface area (Å²) in [5.41, 5.74) is 0.897. The number of ether oxygens (including phenoxy) is 1. The Balaban J connectivity index is 1.69. The highest BCUT2D eigenvalue weighted by Gasteiger charge is 2.33. The van der Waals surface area contributed by atoms with Crippen LogP contribution in [0.2, 0.25) is 10.0 Å². The van der Waals surface area contributed by atoms with E-state index in [1.54, 1.807) is 67.6 Å². The molecule has 224 valence electrons. The summed E-state index contributed by atoms with van der Waals surface area (Å²) in [4.78, 5) is 28.9. The average Bonchev–Trinajstić information content (AvgIpc) is 3.00. The Labute approximate surface area is 257 Å². The number of anilines is 1. The molecule has 2 amide bonds. The highest BCUT2D eigenvalue weighted by molar-refractivity contribution is 7.92. The van der Waals surface area contributed by atoms with Crippen molar-refractivity contribution in [2.45, 2.75) is 62.6 Å². The van der Waals surface area contributed by atoms with Crippen LogP contribution in [0.25, 0.3) is 0 Å². The van der Waals surface area contributed by atoms with Gasteiger partial charge >= 0.3 is 0 Å². The van der Waals surface area contributed by atoms with E-state index in [0.29, 0.717) is 21.4 Å². The van der Waals surface area contributed by atoms with Crippen LogP contribution in [0.5, 0.6) is 5.75 Å². The second-order valence-corrected chi connectivity index (χ2v) is 13.0. The number of halogens is 2. The molecule has 0 radical (unpaired) electrons. The fourth-order valence-electron chi connectivity index (χ4n) is 5.00. The van der Waals surface area contributed by atoms with Gasteiger partial charge in [-0.15, -0.1) is 0 Å². The lowest BCUT2D eigenvalue weighted by atomic mass is 9.95. The molecule has 0 heterocycles. The quantitative estimate of drug-likeness (QED) is 0.277. The molecule has 1 saturated carbocycles. The number of nitrogens with one attached hydrogen (secondary N) is 1. The first kappa shape index (κ1) is 31.7. The predicted octanol–water partition coefficient (Wildman–Crippen LogP) is 6.06. The summed E-state index contributed by atoms with van der Waals surface area (Å²) in [6.07, 6.45) is 4.99. The van der Waals surface area contributed by atoms with Crippen LogP contribution in [-0.2, 0) is 26.2 Å². The van der Waals surface area contributed by atoms with Crippen LogP contribution < -0.4 is 14.4 Å². The number of benzene rings is 3. The van der Waals surface area contributed by atoms with Crippen LogP contribution in [-0.4, -0.2) is 50.9 Å². The van der Waals surface area contributed by atoms with Gasteiger partial charge in [0.2, 0.25) is 11.8 Å². The number of carbonyl (C=O) groups is 2. The molecule has 1 N–H and O–H groups in total. The maximum atomic E-state index is 14.1. The molecule has 0 unspecified atom stereocenters. The van der Waals surface area contributed by atoms with Crippen LogP contribution in [0.1, 0.15) is 44.6 Å². The second kappa shape index (κ2) is 14.3. The van der Waals surface area contributed by atoms with Crippen molar-refractivity contribution < 1.29 is 22.7 Å². The van der Waals surface area contributed by atoms with E-state index in [4.69, 9.17) is 27.9 Å². The van der Waals surface area contributed by atoms with E-state index in [-0.39, 0.29) is 29.1 Å². The fourth-order valence-corrected chi connectivity index (χ4v) is 6.75. The van der Waals surface area contributed by atoms with E-state index >= 15 is 0 Å². The van der Waals surface area contributed by atoms with Gasteiger partial charge in [-0.2, -0.15) is 0 Å². The maximum absolute atomic E-state index is 14.1. The average molecular weight is 633 g/mol. The number of hydrogen-bond donors (Lipinski definition) is 1. The van der Waals surface area contributed by atoms with Crippen molar-refractivity contribution in [3.8, 4) is 5.75 Å². The lowest BCUT2D eigenvalue weighted by Gasteiger charge is -2.33. The molecule has 3 aromatic rings. The van der Waals surface area contributed by atoms with Gasteiger partial charge in [0, 0.05) is 18.7 Å². The lowest BCUT2D eigenvalue weighted by molar-refractivity contribution is -0.139. The molecule has 1 atom stereocenters. The van der Waals surface area contributed by atoms with Gasteiger partial charge < -0.3 is 15.0 Å². The smallest absolute Gasteiger partial charge is 0.264 e. The largest absolute Gasteiger partial charge is 0.497 e. The number of methoxy groups -OCH3 is 1. The first-order chi connectivity index (χ1) is 20.1. The standard InChI is InChI=1S/C31H35Cl2N3O5S/c1-22(31(38)34-24-10-5-3-6-11-24)35(20-23-16-17-28(32)29(33)18-23)30(37)21-36(25-12-9-13-26(19-25)41-2)42(39,40)27-14-7-4-8-15-27/h4,7-9,12-19,22,24H,3,5-6,10-11,20-21H2,1-2H3,(H,34,38)/t22-/m1/s1. The highest BCUT2D eigenvalue weighted by atomic mass is 35.5. The van der Waals surface area contributed by atoms with Gasteiger partial charge in [-0.25, -0.2) is 8.42 Å². The SMILES string of the molecule is COc1cccc(N(CC(=O)N(Cc2ccc(Cl)c(Cl)c2)[C@H](C)C(=O)NC2CCCCC2)S(=O)(=O)c2ccccc2)c1. The summed E-state index contributed by atoms with van der Waals surface area (Å²) in [6.45, 7) is 1.12. The summed E-state index contributed by atoms with van der Waals surface area (Å²) in [5, 5.41) is 3.76. The van der Waals surface area contributed by atoms with Crippen LogP contribution in [0.15, 0.2) is 77.7 Å². The van der Waals surface area contributed by atoms with Gasteiger partial charge in [0.05, 0.1) is 27.7 Å². The molecule has 0 aliphatic heterocycles. The number of sulfonamides is 1. The second-order valence-electron chi connectivity index (χ2n) is 10.3. The van der Waals surface area contributed by atoms with E-state index < -0.39 is 28.5 Å². The van der Waals surface area contributed by atoms with Crippen molar-refractivity contribution in [1.82, 2.24) is 10.2 Å². The van der Waals surface area contributed by atoms with Gasteiger partial charge in [0.15, 0.2) is 0 Å². The summed E-state index contributed by atoms with van der Waals surface area (Å²) >= 11 is 12.4. The lowest BCUT2D eigenvalue weighted by Crippen LogP contribution is -2.53. The van der Waals surface area contributed by atoms with E-state index in [1.165, 1.54) is 24.1 Å². The molecule has 8 nitrogen and oxygen atoms in total. The van der Waals surface area contributed by atoms with Crippen molar-refractivity contribution in [2.24, 2.45) is 0 Å². The van der Waals surface area contributed by atoms with E-state index in [0.717, 1.165) is 36.4 Å². The van der Waals surface area contributed by atoms with Crippen molar-refractivity contribution in [3.63, 3.8) is 0 Å². The molecule has 1 aliphatic carbocycles. The monoisotopic (exact) mass is 631 g/mol. The number of nitrogens with zero attached hydrogens (tertiary/aromatic N) is 2. The Morgan fingerprint density at radius 3 is 2.33 bits per heavy atom. The Morgan fingerprint density at radius 2 is 1.67 bits per heavy atom. The molecular formula is C31H35Cl2N3O5S. The predicted molar refractivity (Wildman–Crippen MR) is 165 cm³/mol. The summed E-state index contributed by atoms with van der Waals surface area (Å²) < 4.78 is 34.2. The minimum atomic E-state index is -4.17. The van der Waals surface area contributed by atoms with Crippen LogP contribution in [0, 0.1) is 0 Å². The number of carbonyl (C=O) groups excluding carboxylic acids is 2. The van der Waals surface area contributed by atoms with E-state index in [2.05, 4.69) is 5.32 Å². The topological polar surface area (TPSA) is 96.0 Å². The molecule has 11 heteroatoms. The van der Waals surface area contributed by atoms with Crippen LogP contribution >= 0.6 is 23.2 Å². The van der Waals surface area contributed by atoms with Crippen molar-refractivity contribution in [2.75, 3.05) is 18.0 Å². The van der Waals surface area contributed by atoms with Gasteiger partial charge in [-0.3, -0.25) is 13.9 Å². The zero-order valence-corrected chi connectivity index (χ0v) is 26.0. The third-order valence-corrected chi connectivity index (χ3v) is 9.93. The molecule has 0 spiro atoms. The molecule has 0 bridgehead atoms. The van der Waals surface area contributed by atoms with Gasteiger partial charge in [0.1, 0.15) is 18.3 Å². The minimum absolute atomic E-state index is 0.0201. The van der Waals surface area contributed by atoms with Crippen molar-refractivity contribution in [1.29, 1.82) is 0 Å². The highest BCUT2D eigenvalue weighted by Crippen LogP contribution is 2.28. The van der Waals surface area contributed by atoms with Gasteiger partial charge in [-0.1, -0.05) is 72.8 Å². The molecular weight excluding hydrogens is 597 g/mol. The molecule has 42 heavy (non-hydrogen) atoms. The molecule has 4 rings (SSSR count). The molecule has 3 aromatic carbocycles. The maximum Gasteiger partial charge on any atom is 0.264 e. The Morgan fingerprint density at radius 1 is 0.952 bits per heavy atom. The molecule has 0 saturated heterocycles. The first-order valence-electron chi connectivity index (χ1n) is 13.9. The molecule has 0 aromatic heterocycles. The summed E-state index contributed by atoms with van der Waals surface area (Å²) in [6, 6.07) is 18.5. The third kappa shape index (κ3) is 7.76. The zero-order chi connectivity index (χ0) is 30.3. The molecule has 1 fully saturated rings. The molecule has 1 aliphatic rings. The Kier molecular flexibility index (Phi) is 10.8. The van der Waals surface area contributed by atoms with E-state index in [9.17, 15) is 18.0 Å². The number of hydrogen-bond acceptors (Lipinski definition) is 5.